The molecule has 0 amide bonds. The molecule has 2 aromatic carbocycles. The molecule has 0 radical (unpaired) electrons. The second-order valence-electron chi connectivity index (χ2n) is 4.62. The fraction of sp³-hybridized carbons (Fsp3) is 0.0625. The van der Waals surface area contributed by atoms with E-state index in [2.05, 4.69) is 43.6 Å². The zero-order valence-corrected chi connectivity index (χ0v) is 14.7. The molecule has 0 fully saturated rings. The van der Waals surface area contributed by atoms with Gasteiger partial charge in [-0.3, -0.25) is 0 Å². The van der Waals surface area contributed by atoms with Crippen molar-refractivity contribution in [3.63, 3.8) is 0 Å². The fourth-order valence-corrected chi connectivity index (χ4v) is 3.08. The molecule has 3 nitrogen and oxygen atoms in total. The summed E-state index contributed by atoms with van der Waals surface area (Å²) < 4.78 is 3.74. The average molecular weight is 455 g/mol. The zero-order valence-electron chi connectivity index (χ0n) is 10.9. The Morgan fingerprint density at radius 1 is 1.14 bits per heavy atom. The van der Waals surface area contributed by atoms with E-state index in [0.29, 0.717) is 0 Å². The number of aromatic nitrogens is 2. The Kier molecular flexibility index (Phi) is 4.42. The highest BCUT2D eigenvalue weighted by atomic mass is 127. The molecule has 0 aliphatic carbocycles. The van der Waals surface area contributed by atoms with Crippen molar-refractivity contribution in [2.45, 2.75) is 6.10 Å². The average Bonchev–Trinajstić information content (AvgIpc) is 3.00. The van der Waals surface area contributed by atoms with Crippen molar-refractivity contribution in [2.24, 2.45) is 0 Å². The first-order chi connectivity index (χ1) is 10.1. The number of halogens is 2. The molecule has 1 N–H and O–H groups in total. The summed E-state index contributed by atoms with van der Waals surface area (Å²) >= 11 is 5.73. The second-order valence-corrected chi connectivity index (χ2v) is 6.72. The quantitative estimate of drug-likeness (QED) is 0.598. The van der Waals surface area contributed by atoms with Crippen LogP contribution in [0.5, 0.6) is 0 Å². The summed E-state index contributed by atoms with van der Waals surface area (Å²) in [5.41, 5.74) is 2.58. The minimum atomic E-state index is -0.702. The lowest BCUT2D eigenvalue weighted by Gasteiger charge is -2.11. The van der Waals surface area contributed by atoms with Crippen molar-refractivity contribution in [2.75, 3.05) is 0 Å². The van der Waals surface area contributed by atoms with Crippen LogP contribution in [-0.4, -0.2) is 14.9 Å². The predicted octanol–water partition coefficient (Wildman–Crippen LogP) is 4.32. The van der Waals surface area contributed by atoms with Crippen molar-refractivity contribution >= 4 is 38.5 Å². The van der Waals surface area contributed by atoms with Gasteiger partial charge >= 0.3 is 0 Å². The Hall–Kier alpha value is -1.18. The monoisotopic (exact) mass is 454 g/mol. The fourth-order valence-electron chi connectivity index (χ4n) is 2.10. The van der Waals surface area contributed by atoms with Gasteiger partial charge in [-0.05, 0) is 52.9 Å². The molecule has 0 spiro atoms. The smallest absolute Gasteiger partial charge is 0.108 e. The van der Waals surface area contributed by atoms with Crippen LogP contribution in [0.15, 0.2) is 65.4 Å². The zero-order chi connectivity index (χ0) is 14.8. The highest BCUT2D eigenvalue weighted by Gasteiger charge is 2.16. The van der Waals surface area contributed by atoms with Gasteiger partial charge < -0.3 is 5.11 Å². The molecule has 0 aliphatic heterocycles. The first-order valence-corrected chi connectivity index (χ1v) is 8.25. The van der Waals surface area contributed by atoms with E-state index in [1.807, 2.05) is 54.7 Å². The second kappa shape index (κ2) is 6.29. The van der Waals surface area contributed by atoms with Gasteiger partial charge in [-0.1, -0.05) is 34.1 Å². The third kappa shape index (κ3) is 3.20. The highest BCUT2D eigenvalue weighted by molar-refractivity contribution is 14.1. The first-order valence-electron chi connectivity index (χ1n) is 6.38. The number of nitrogens with zero attached hydrogens (tertiary/aromatic N) is 2. The number of benzene rings is 2. The van der Waals surface area contributed by atoms with Gasteiger partial charge in [0.2, 0.25) is 0 Å². The molecule has 3 rings (SSSR count). The Labute approximate surface area is 144 Å². The number of aliphatic hydroxyl groups is 1. The molecule has 21 heavy (non-hydrogen) atoms. The minimum absolute atomic E-state index is 0.702. The molecule has 0 bridgehead atoms. The maximum Gasteiger partial charge on any atom is 0.108 e. The number of para-hydroxylation sites is 1. The van der Waals surface area contributed by atoms with Crippen LogP contribution in [-0.2, 0) is 0 Å². The van der Waals surface area contributed by atoms with Gasteiger partial charge in [0.15, 0.2) is 0 Å². The highest BCUT2D eigenvalue weighted by Crippen LogP contribution is 2.30. The lowest BCUT2D eigenvalue weighted by Crippen LogP contribution is -2.00. The summed E-state index contributed by atoms with van der Waals surface area (Å²) in [5, 5.41) is 14.9. The molecule has 106 valence electrons. The van der Waals surface area contributed by atoms with E-state index in [9.17, 15) is 5.11 Å². The van der Waals surface area contributed by atoms with Crippen LogP contribution >= 0.6 is 38.5 Å². The van der Waals surface area contributed by atoms with Crippen LogP contribution in [0.4, 0.5) is 0 Å². The molecular weight excluding hydrogens is 443 g/mol. The maximum atomic E-state index is 10.6. The third-order valence-corrected chi connectivity index (χ3v) is 4.58. The maximum absolute atomic E-state index is 10.6. The summed E-state index contributed by atoms with van der Waals surface area (Å²) in [4.78, 5) is 0. The van der Waals surface area contributed by atoms with Gasteiger partial charge in [0, 0.05) is 25.4 Å². The van der Waals surface area contributed by atoms with E-state index >= 15 is 0 Å². The van der Waals surface area contributed by atoms with Crippen LogP contribution in [0.2, 0.25) is 0 Å². The molecule has 1 heterocycles. The minimum Gasteiger partial charge on any atom is -0.383 e. The molecule has 3 aromatic rings. The van der Waals surface area contributed by atoms with Gasteiger partial charge in [-0.15, -0.1) is 0 Å². The van der Waals surface area contributed by atoms with Crippen LogP contribution in [0.3, 0.4) is 0 Å². The Morgan fingerprint density at radius 3 is 2.67 bits per heavy atom. The Bertz CT molecular complexity index is 758. The standard InChI is InChI=1S/C16H12BrIN2O/c17-15-7-6-12(18)8-14(15)16(21)11-9-19-20(10-11)13-4-2-1-3-5-13/h1-10,16,21H. The van der Waals surface area contributed by atoms with E-state index in [0.717, 1.165) is 24.9 Å². The largest absolute Gasteiger partial charge is 0.383 e. The normalized spacial score (nSPS) is 12.3. The van der Waals surface area contributed by atoms with E-state index < -0.39 is 6.10 Å². The Morgan fingerprint density at radius 2 is 1.90 bits per heavy atom. The van der Waals surface area contributed by atoms with E-state index in [1.54, 1.807) is 10.9 Å². The molecule has 1 atom stereocenters. The molecule has 0 saturated carbocycles. The number of aliphatic hydroxyl groups excluding tert-OH is 1. The van der Waals surface area contributed by atoms with Crippen molar-refractivity contribution in [3.05, 3.63) is 80.1 Å². The molecule has 5 heteroatoms. The summed E-state index contributed by atoms with van der Waals surface area (Å²) in [7, 11) is 0. The number of hydrogen-bond donors (Lipinski definition) is 1. The van der Waals surface area contributed by atoms with Crippen molar-refractivity contribution in [3.8, 4) is 5.69 Å². The molecular formula is C16H12BrIN2O. The van der Waals surface area contributed by atoms with Crippen LogP contribution in [0, 0.1) is 3.57 Å². The van der Waals surface area contributed by atoms with Crippen molar-refractivity contribution in [1.82, 2.24) is 9.78 Å². The molecule has 0 saturated heterocycles. The van der Waals surface area contributed by atoms with Crippen molar-refractivity contribution in [1.29, 1.82) is 0 Å². The van der Waals surface area contributed by atoms with E-state index in [-0.39, 0.29) is 0 Å². The van der Waals surface area contributed by atoms with Gasteiger partial charge in [0.25, 0.3) is 0 Å². The SMILES string of the molecule is OC(c1cnn(-c2ccccc2)c1)c1cc(I)ccc1Br. The molecule has 1 unspecified atom stereocenters. The van der Waals surface area contributed by atoms with Crippen LogP contribution in [0.1, 0.15) is 17.2 Å². The van der Waals surface area contributed by atoms with E-state index in [1.165, 1.54) is 0 Å². The van der Waals surface area contributed by atoms with Crippen LogP contribution in [0.25, 0.3) is 5.69 Å². The third-order valence-electron chi connectivity index (χ3n) is 3.19. The lowest BCUT2D eigenvalue weighted by atomic mass is 10.1. The lowest BCUT2D eigenvalue weighted by molar-refractivity contribution is 0.219. The summed E-state index contributed by atoms with van der Waals surface area (Å²) in [5.74, 6) is 0. The number of rotatable bonds is 3. The summed E-state index contributed by atoms with van der Waals surface area (Å²) in [6, 6.07) is 15.7. The predicted molar refractivity (Wildman–Crippen MR) is 94.5 cm³/mol. The summed E-state index contributed by atoms with van der Waals surface area (Å²) in [6.45, 7) is 0. The number of hydrogen-bond acceptors (Lipinski definition) is 2. The Balaban J connectivity index is 1.94. The van der Waals surface area contributed by atoms with Crippen molar-refractivity contribution < 1.29 is 5.11 Å². The molecule has 0 aliphatic rings. The topological polar surface area (TPSA) is 38.1 Å². The van der Waals surface area contributed by atoms with Crippen LogP contribution < -0.4 is 0 Å². The first kappa shape index (κ1) is 14.7. The molecule has 1 aromatic heterocycles. The summed E-state index contributed by atoms with van der Waals surface area (Å²) in [6.07, 6.45) is 2.85. The van der Waals surface area contributed by atoms with Gasteiger partial charge in [-0.25, -0.2) is 4.68 Å². The van der Waals surface area contributed by atoms with E-state index in [4.69, 9.17) is 0 Å². The van der Waals surface area contributed by atoms with Gasteiger partial charge in [0.1, 0.15) is 6.10 Å². The van der Waals surface area contributed by atoms with Gasteiger partial charge in [0.05, 0.1) is 11.9 Å². The van der Waals surface area contributed by atoms with Gasteiger partial charge in [-0.2, -0.15) is 5.10 Å².